The minimum Gasteiger partial charge on any atom is -0.497 e. The van der Waals surface area contributed by atoms with Crippen LogP contribution in [0.25, 0.3) is 0 Å². The normalized spacial score (nSPS) is 10.5. The molecule has 0 aliphatic heterocycles. The molecule has 7 heteroatoms. The molecule has 1 amide bonds. The molecule has 0 fully saturated rings. The first-order chi connectivity index (χ1) is 13.6. The van der Waals surface area contributed by atoms with E-state index in [1.807, 2.05) is 43.3 Å². The highest BCUT2D eigenvalue weighted by Gasteiger charge is 2.19. The molecule has 3 aromatic rings. The Kier molecular flexibility index (Phi) is 6.26. The molecule has 0 saturated heterocycles. The molecule has 0 saturated carbocycles. The van der Waals surface area contributed by atoms with Crippen LogP contribution >= 0.6 is 0 Å². The number of amides is 1. The molecule has 0 spiro atoms. The van der Waals surface area contributed by atoms with Crippen molar-refractivity contribution in [3.05, 3.63) is 71.4 Å². The van der Waals surface area contributed by atoms with E-state index in [-0.39, 0.29) is 12.5 Å². The summed E-state index contributed by atoms with van der Waals surface area (Å²) in [5.41, 5.74) is 1.52. The topological polar surface area (TPSA) is 77.7 Å². The zero-order valence-corrected chi connectivity index (χ0v) is 16.2. The molecule has 28 heavy (non-hydrogen) atoms. The minimum atomic E-state index is -0.0989. The highest BCUT2D eigenvalue weighted by molar-refractivity contribution is 5.96. The van der Waals surface area contributed by atoms with E-state index >= 15 is 0 Å². The Bertz CT molecular complexity index is 921. The highest BCUT2D eigenvalue weighted by atomic mass is 16.5. The van der Waals surface area contributed by atoms with Crippen LogP contribution in [-0.4, -0.2) is 34.6 Å². The van der Waals surface area contributed by atoms with E-state index in [0.29, 0.717) is 36.1 Å². The molecule has 0 unspecified atom stereocenters. The van der Waals surface area contributed by atoms with Gasteiger partial charge in [-0.3, -0.25) is 4.79 Å². The van der Waals surface area contributed by atoms with E-state index in [4.69, 9.17) is 14.0 Å². The Labute approximate surface area is 163 Å². The molecule has 2 aromatic carbocycles. The van der Waals surface area contributed by atoms with Gasteiger partial charge in [0, 0.05) is 20.0 Å². The molecule has 0 atom stereocenters. The van der Waals surface area contributed by atoms with Gasteiger partial charge in [-0.05, 0) is 36.8 Å². The van der Waals surface area contributed by atoms with Gasteiger partial charge in [0.2, 0.25) is 11.7 Å². The lowest BCUT2D eigenvalue weighted by Crippen LogP contribution is -2.30. The summed E-state index contributed by atoms with van der Waals surface area (Å²) in [6, 6.07) is 14.9. The smallest absolute Gasteiger partial charge is 0.257 e. The number of hydrogen-bond donors (Lipinski definition) is 0. The van der Waals surface area contributed by atoms with Crippen LogP contribution in [0.2, 0.25) is 0 Å². The van der Waals surface area contributed by atoms with Gasteiger partial charge in [0.25, 0.3) is 5.91 Å². The standard InChI is InChI=1S/C21H23N3O4/c1-4-24(13-16-9-11-17(26-3)12-10-16)21(25)18-7-5-6-8-19(18)27-14-20-22-15(2)28-23-20/h5-12H,4,13-14H2,1-3H3. The average Bonchev–Trinajstić information content (AvgIpc) is 3.15. The second-order valence-corrected chi connectivity index (χ2v) is 6.18. The van der Waals surface area contributed by atoms with E-state index in [0.717, 1.165) is 11.3 Å². The molecular weight excluding hydrogens is 358 g/mol. The summed E-state index contributed by atoms with van der Waals surface area (Å²) < 4.78 is 15.9. The molecule has 0 radical (unpaired) electrons. The van der Waals surface area contributed by atoms with Crippen molar-refractivity contribution in [2.75, 3.05) is 13.7 Å². The number of hydrogen-bond acceptors (Lipinski definition) is 6. The molecule has 3 rings (SSSR count). The second kappa shape index (κ2) is 9.03. The van der Waals surface area contributed by atoms with Gasteiger partial charge in [-0.2, -0.15) is 4.98 Å². The summed E-state index contributed by atoms with van der Waals surface area (Å²) in [5, 5.41) is 3.81. The number of benzene rings is 2. The molecule has 1 heterocycles. The van der Waals surface area contributed by atoms with Gasteiger partial charge < -0.3 is 18.9 Å². The number of aryl methyl sites for hydroxylation is 1. The monoisotopic (exact) mass is 381 g/mol. The third-order valence-electron chi connectivity index (χ3n) is 4.25. The van der Waals surface area contributed by atoms with Crippen LogP contribution in [0.4, 0.5) is 0 Å². The van der Waals surface area contributed by atoms with Crippen molar-refractivity contribution in [3.63, 3.8) is 0 Å². The van der Waals surface area contributed by atoms with Crippen LogP contribution in [0.15, 0.2) is 53.1 Å². The molecular formula is C21H23N3O4. The average molecular weight is 381 g/mol. The van der Waals surface area contributed by atoms with Crippen molar-refractivity contribution < 1.29 is 18.8 Å². The van der Waals surface area contributed by atoms with Crippen LogP contribution in [0, 0.1) is 6.92 Å². The summed E-state index contributed by atoms with van der Waals surface area (Å²) in [5.74, 6) is 2.08. The fourth-order valence-electron chi connectivity index (χ4n) is 2.76. The van der Waals surface area contributed by atoms with Crippen LogP contribution in [0.1, 0.15) is 34.6 Å². The summed E-state index contributed by atoms with van der Waals surface area (Å²) >= 11 is 0. The van der Waals surface area contributed by atoms with Crippen LogP contribution in [-0.2, 0) is 13.2 Å². The Morgan fingerprint density at radius 2 is 1.89 bits per heavy atom. The number of carbonyl (C=O) groups excluding carboxylic acids is 1. The van der Waals surface area contributed by atoms with Crippen molar-refractivity contribution >= 4 is 5.91 Å². The lowest BCUT2D eigenvalue weighted by molar-refractivity contribution is 0.0747. The first-order valence-electron chi connectivity index (χ1n) is 9.04. The second-order valence-electron chi connectivity index (χ2n) is 6.18. The summed E-state index contributed by atoms with van der Waals surface area (Å²) in [4.78, 5) is 19.0. The molecule has 1 aromatic heterocycles. The molecule has 146 valence electrons. The summed E-state index contributed by atoms with van der Waals surface area (Å²) in [7, 11) is 1.63. The van der Waals surface area contributed by atoms with Crippen LogP contribution in [0.5, 0.6) is 11.5 Å². The van der Waals surface area contributed by atoms with Gasteiger partial charge in [0.15, 0.2) is 6.61 Å². The van der Waals surface area contributed by atoms with E-state index in [2.05, 4.69) is 10.1 Å². The van der Waals surface area contributed by atoms with E-state index in [1.165, 1.54) is 0 Å². The number of aromatic nitrogens is 2. The van der Waals surface area contributed by atoms with Crippen molar-refractivity contribution in [2.24, 2.45) is 0 Å². The Balaban J connectivity index is 1.73. The molecule has 0 aliphatic rings. The lowest BCUT2D eigenvalue weighted by Gasteiger charge is -2.22. The van der Waals surface area contributed by atoms with Crippen LogP contribution in [0.3, 0.4) is 0 Å². The lowest BCUT2D eigenvalue weighted by atomic mass is 10.1. The Morgan fingerprint density at radius 3 is 2.54 bits per heavy atom. The zero-order valence-electron chi connectivity index (χ0n) is 16.2. The number of carbonyl (C=O) groups is 1. The molecule has 0 aliphatic carbocycles. The van der Waals surface area contributed by atoms with Crippen molar-refractivity contribution in [3.8, 4) is 11.5 Å². The third-order valence-corrected chi connectivity index (χ3v) is 4.25. The van der Waals surface area contributed by atoms with Crippen molar-refractivity contribution in [1.82, 2.24) is 15.0 Å². The third kappa shape index (κ3) is 4.68. The van der Waals surface area contributed by atoms with Crippen LogP contribution < -0.4 is 9.47 Å². The largest absolute Gasteiger partial charge is 0.497 e. The van der Waals surface area contributed by atoms with Gasteiger partial charge in [0.1, 0.15) is 11.5 Å². The maximum atomic E-state index is 13.1. The predicted octanol–water partition coefficient (Wildman–Crippen LogP) is 3.63. The fraction of sp³-hybridized carbons (Fsp3) is 0.286. The highest BCUT2D eigenvalue weighted by Crippen LogP contribution is 2.22. The zero-order chi connectivity index (χ0) is 19.9. The first-order valence-corrected chi connectivity index (χ1v) is 9.04. The van der Waals surface area contributed by atoms with E-state index in [9.17, 15) is 4.79 Å². The van der Waals surface area contributed by atoms with Gasteiger partial charge in [0.05, 0.1) is 12.7 Å². The predicted molar refractivity (Wildman–Crippen MR) is 103 cm³/mol. The Morgan fingerprint density at radius 1 is 1.14 bits per heavy atom. The quantitative estimate of drug-likeness (QED) is 0.593. The Hall–Kier alpha value is -3.35. The van der Waals surface area contributed by atoms with Crippen molar-refractivity contribution in [2.45, 2.75) is 27.0 Å². The number of ether oxygens (including phenoxy) is 2. The number of rotatable bonds is 8. The number of para-hydroxylation sites is 1. The number of methoxy groups -OCH3 is 1. The number of nitrogens with zero attached hydrogens (tertiary/aromatic N) is 3. The maximum Gasteiger partial charge on any atom is 0.257 e. The summed E-state index contributed by atoms with van der Waals surface area (Å²) in [6.07, 6.45) is 0. The fourth-order valence-corrected chi connectivity index (χ4v) is 2.76. The van der Waals surface area contributed by atoms with Crippen molar-refractivity contribution in [1.29, 1.82) is 0 Å². The first kappa shape index (κ1) is 19.4. The molecule has 0 N–H and O–H groups in total. The molecule has 7 nitrogen and oxygen atoms in total. The maximum absolute atomic E-state index is 13.1. The van der Waals surface area contributed by atoms with Gasteiger partial charge >= 0.3 is 0 Å². The minimum absolute atomic E-state index is 0.0989. The summed E-state index contributed by atoms with van der Waals surface area (Å²) in [6.45, 7) is 4.87. The SMILES string of the molecule is CCN(Cc1ccc(OC)cc1)C(=O)c1ccccc1OCc1noc(C)n1. The van der Waals surface area contributed by atoms with Gasteiger partial charge in [-0.25, -0.2) is 0 Å². The van der Waals surface area contributed by atoms with E-state index in [1.54, 1.807) is 31.1 Å². The van der Waals surface area contributed by atoms with Gasteiger partial charge in [-0.1, -0.05) is 29.4 Å². The van der Waals surface area contributed by atoms with Gasteiger partial charge in [-0.15, -0.1) is 0 Å². The molecule has 0 bridgehead atoms. The van der Waals surface area contributed by atoms with E-state index < -0.39 is 0 Å².